The smallest absolute Gasteiger partial charge is 0.269 e. The van der Waals surface area contributed by atoms with Crippen LogP contribution in [-0.2, 0) is 20.4 Å². The molecule has 0 radical (unpaired) electrons. The van der Waals surface area contributed by atoms with Gasteiger partial charge in [-0.25, -0.2) is 13.4 Å². The van der Waals surface area contributed by atoms with Gasteiger partial charge in [0.1, 0.15) is 5.65 Å². The van der Waals surface area contributed by atoms with Crippen LogP contribution in [-0.4, -0.2) is 41.1 Å². The van der Waals surface area contributed by atoms with Crippen molar-refractivity contribution in [2.24, 2.45) is 5.92 Å². The second kappa shape index (κ2) is 9.11. The number of pyridine rings is 1. The molecule has 1 aromatic carbocycles. The molecule has 31 heavy (non-hydrogen) atoms. The highest BCUT2D eigenvalue weighted by atomic mass is 32.2. The number of hydrazine groups is 1. The summed E-state index contributed by atoms with van der Waals surface area (Å²) < 4.78 is 24.9. The minimum Gasteiger partial charge on any atom is -0.307 e. The predicted molar refractivity (Wildman–Crippen MR) is 118 cm³/mol. The summed E-state index contributed by atoms with van der Waals surface area (Å²) in [6.45, 7) is 0. The maximum Gasteiger partial charge on any atom is 0.269 e. The van der Waals surface area contributed by atoms with Gasteiger partial charge in [0.2, 0.25) is 5.91 Å². The van der Waals surface area contributed by atoms with Crippen LogP contribution in [0.2, 0.25) is 0 Å². The van der Waals surface area contributed by atoms with Crippen LogP contribution in [0.4, 0.5) is 0 Å². The highest BCUT2D eigenvalue weighted by Gasteiger charge is 2.29. The fraction of sp³-hybridized carbons (Fsp3) is 0.286. The van der Waals surface area contributed by atoms with Crippen molar-refractivity contribution < 1.29 is 18.0 Å². The van der Waals surface area contributed by atoms with Crippen molar-refractivity contribution in [3.63, 3.8) is 0 Å². The quantitative estimate of drug-likeness (QED) is 0.433. The van der Waals surface area contributed by atoms with Crippen molar-refractivity contribution in [1.29, 1.82) is 0 Å². The van der Waals surface area contributed by atoms with Crippen LogP contribution in [0.15, 0.2) is 59.8 Å². The Morgan fingerprint density at radius 3 is 2.65 bits per heavy atom. The monoisotopic (exact) mass is 458 g/mol. The lowest BCUT2D eigenvalue weighted by Gasteiger charge is -2.10. The number of benzene rings is 1. The number of thioether (sulfide) groups is 1. The first kappa shape index (κ1) is 21.4. The first-order valence-corrected chi connectivity index (χ1v) is 12.6. The lowest BCUT2D eigenvalue weighted by Crippen LogP contribution is -2.42. The molecular formula is C21H22N4O4S2. The lowest BCUT2D eigenvalue weighted by atomic mass is 10.1. The van der Waals surface area contributed by atoms with Gasteiger partial charge in [0.15, 0.2) is 9.84 Å². The van der Waals surface area contributed by atoms with Crippen LogP contribution >= 0.6 is 11.8 Å². The highest BCUT2D eigenvalue weighted by Crippen LogP contribution is 2.23. The van der Waals surface area contributed by atoms with Gasteiger partial charge in [-0.3, -0.25) is 20.4 Å². The molecule has 1 aliphatic rings. The summed E-state index contributed by atoms with van der Waals surface area (Å²) in [6, 6.07) is 12.9. The van der Waals surface area contributed by atoms with Crippen LogP contribution in [0, 0.1) is 5.92 Å². The van der Waals surface area contributed by atoms with E-state index in [9.17, 15) is 18.0 Å². The average molecular weight is 459 g/mol. The standard InChI is InChI=1S/C21H22N4O4S2/c26-20(11-15-8-10-31(28,29)14-15)23-24-21(27)16-4-6-18(7-5-16)30-13-17-12-25-9-2-1-3-19(25)22-17/h1-7,9,12,15H,8,10-11,13-14H2,(H,23,26)(H,24,27). The normalized spacial score (nSPS) is 17.5. The van der Waals surface area contributed by atoms with Gasteiger partial charge < -0.3 is 4.40 Å². The highest BCUT2D eigenvalue weighted by molar-refractivity contribution is 7.98. The molecule has 4 rings (SSSR count). The van der Waals surface area contributed by atoms with E-state index >= 15 is 0 Å². The van der Waals surface area contributed by atoms with E-state index in [1.807, 2.05) is 47.1 Å². The van der Waals surface area contributed by atoms with Gasteiger partial charge >= 0.3 is 0 Å². The fourth-order valence-electron chi connectivity index (χ4n) is 3.46. The molecule has 10 heteroatoms. The molecule has 1 unspecified atom stereocenters. The van der Waals surface area contributed by atoms with Crippen LogP contribution < -0.4 is 10.9 Å². The van der Waals surface area contributed by atoms with Crippen LogP contribution in [0.25, 0.3) is 5.65 Å². The third-order valence-corrected chi connectivity index (χ3v) is 7.92. The number of carbonyl (C=O) groups excluding carboxylic acids is 2. The molecule has 0 aliphatic carbocycles. The van der Waals surface area contributed by atoms with Crippen LogP contribution in [0.1, 0.15) is 28.9 Å². The third kappa shape index (κ3) is 5.65. The Balaban J connectivity index is 1.24. The van der Waals surface area contributed by atoms with Crippen molar-refractivity contribution in [3.8, 4) is 0 Å². The number of sulfone groups is 1. The Bertz CT molecular complexity index is 1170. The van der Waals surface area contributed by atoms with Gasteiger partial charge in [0.05, 0.1) is 17.2 Å². The van der Waals surface area contributed by atoms with Gasteiger partial charge in [-0.2, -0.15) is 0 Å². The predicted octanol–water partition coefficient (Wildman–Crippen LogP) is 2.21. The van der Waals surface area contributed by atoms with Gasteiger partial charge in [-0.15, -0.1) is 11.8 Å². The Morgan fingerprint density at radius 2 is 1.94 bits per heavy atom. The van der Waals surface area contributed by atoms with E-state index < -0.39 is 21.7 Å². The molecule has 3 aromatic rings. The molecule has 1 aliphatic heterocycles. The number of imidazole rings is 1. The molecule has 0 spiro atoms. The van der Waals surface area contributed by atoms with Gasteiger partial charge in [0.25, 0.3) is 5.91 Å². The minimum atomic E-state index is -3.02. The van der Waals surface area contributed by atoms with E-state index in [0.717, 1.165) is 16.2 Å². The van der Waals surface area contributed by atoms with Crippen molar-refractivity contribution in [3.05, 3.63) is 66.1 Å². The van der Waals surface area contributed by atoms with Crippen molar-refractivity contribution in [2.45, 2.75) is 23.5 Å². The molecule has 3 heterocycles. The number of nitrogens with zero attached hydrogens (tertiary/aromatic N) is 2. The second-order valence-corrected chi connectivity index (χ2v) is 10.8. The van der Waals surface area contributed by atoms with E-state index in [0.29, 0.717) is 17.7 Å². The number of aromatic nitrogens is 2. The molecule has 8 nitrogen and oxygen atoms in total. The van der Waals surface area contributed by atoms with E-state index in [4.69, 9.17) is 0 Å². The van der Waals surface area contributed by atoms with E-state index in [-0.39, 0.29) is 23.8 Å². The Hall–Kier alpha value is -2.85. The van der Waals surface area contributed by atoms with Crippen molar-refractivity contribution in [1.82, 2.24) is 20.2 Å². The maximum absolute atomic E-state index is 12.2. The summed E-state index contributed by atoms with van der Waals surface area (Å²) in [5, 5.41) is 0. The van der Waals surface area contributed by atoms with Crippen LogP contribution in [0.3, 0.4) is 0 Å². The van der Waals surface area contributed by atoms with E-state index in [2.05, 4.69) is 15.8 Å². The zero-order valence-electron chi connectivity index (χ0n) is 16.7. The van der Waals surface area contributed by atoms with Crippen molar-refractivity contribution >= 4 is 39.1 Å². The Labute approximate surface area is 184 Å². The average Bonchev–Trinajstić information content (AvgIpc) is 3.32. The summed E-state index contributed by atoms with van der Waals surface area (Å²) >= 11 is 1.62. The molecule has 2 aromatic heterocycles. The number of fused-ring (bicyclic) bond motifs is 1. The molecule has 0 saturated carbocycles. The molecule has 1 atom stereocenters. The first-order valence-electron chi connectivity index (χ1n) is 9.83. The maximum atomic E-state index is 12.2. The summed E-state index contributed by atoms with van der Waals surface area (Å²) in [7, 11) is -3.02. The molecule has 2 N–H and O–H groups in total. The van der Waals surface area contributed by atoms with Gasteiger partial charge in [-0.1, -0.05) is 6.07 Å². The summed E-state index contributed by atoms with van der Waals surface area (Å²) in [4.78, 5) is 29.8. The topological polar surface area (TPSA) is 110 Å². The molecular weight excluding hydrogens is 436 g/mol. The minimum absolute atomic E-state index is 0.0302. The van der Waals surface area contributed by atoms with E-state index in [1.54, 1.807) is 23.9 Å². The zero-order valence-corrected chi connectivity index (χ0v) is 18.3. The summed E-state index contributed by atoms with van der Waals surface area (Å²) in [5.74, 6) is -0.146. The third-order valence-electron chi connectivity index (χ3n) is 5.03. The number of amides is 2. The molecule has 1 fully saturated rings. The Kier molecular flexibility index (Phi) is 6.28. The number of hydrogen-bond donors (Lipinski definition) is 2. The summed E-state index contributed by atoms with van der Waals surface area (Å²) in [5.41, 5.74) is 7.03. The molecule has 2 amide bonds. The lowest BCUT2D eigenvalue weighted by molar-refractivity contribution is -0.122. The first-order chi connectivity index (χ1) is 14.9. The summed E-state index contributed by atoms with van der Waals surface area (Å²) in [6.07, 6.45) is 4.52. The van der Waals surface area contributed by atoms with Crippen molar-refractivity contribution in [2.75, 3.05) is 11.5 Å². The SMILES string of the molecule is O=C(CC1CCS(=O)(=O)C1)NNC(=O)c1ccc(SCc2cn3ccccc3n2)cc1. The second-order valence-electron chi connectivity index (χ2n) is 7.49. The van der Waals surface area contributed by atoms with E-state index in [1.165, 1.54) is 0 Å². The molecule has 162 valence electrons. The van der Waals surface area contributed by atoms with Gasteiger partial charge in [0, 0.05) is 35.0 Å². The molecule has 1 saturated heterocycles. The number of carbonyl (C=O) groups is 2. The van der Waals surface area contributed by atoms with Gasteiger partial charge in [-0.05, 0) is 48.7 Å². The largest absolute Gasteiger partial charge is 0.307 e. The Morgan fingerprint density at radius 1 is 1.13 bits per heavy atom. The number of nitrogens with one attached hydrogen (secondary N) is 2. The zero-order chi connectivity index (χ0) is 21.8. The number of rotatable bonds is 6. The molecule has 0 bridgehead atoms. The fourth-order valence-corrected chi connectivity index (χ4v) is 6.11. The van der Waals surface area contributed by atoms with Crippen LogP contribution in [0.5, 0.6) is 0 Å². The number of hydrogen-bond acceptors (Lipinski definition) is 6.